The predicted molar refractivity (Wildman–Crippen MR) is 124 cm³/mol. The average molecular weight is 496 g/mol. The normalized spacial score (nSPS) is 32.0. The van der Waals surface area contributed by atoms with Gasteiger partial charge in [-0.3, -0.25) is 9.69 Å². The van der Waals surface area contributed by atoms with Crippen molar-refractivity contribution in [2.75, 3.05) is 58.9 Å². The van der Waals surface area contributed by atoms with Gasteiger partial charge in [0.25, 0.3) is 0 Å². The van der Waals surface area contributed by atoms with Gasteiger partial charge in [-0.1, -0.05) is 0 Å². The Hall–Kier alpha value is -2.76. The van der Waals surface area contributed by atoms with E-state index in [0.717, 1.165) is 34.0 Å². The van der Waals surface area contributed by atoms with Crippen molar-refractivity contribution in [3.05, 3.63) is 0 Å². The molecular formula is C23H37N5O7. The van der Waals surface area contributed by atoms with Crippen LogP contribution in [0.2, 0.25) is 0 Å². The van der Waals surface area contributed by atoms with Crippen LogP contribution in [0.1, 0.15) is 38.5 Å². The number of carbonyl (C=O) groups is 4. The van der Waals surface area contributed by atoms with Crippen LogP contribution in [0.3, 0.4) is 0 Å². The van der Waals surface area contributed by atoms with E-state index >= 15 is 0 Å². The second-order valence-electron chi connectivity index (χ2n) is 10.8. The summed E-state index contributed by atoms with van der Waals surface area (Å²) in [7, 11) is 0. The van der Waals surface area contributed by atoms with Crippen LogP contribution in [-0.4, -0.2) is 124 Å². The van der Waals surface area contributed by atoms with Crippen LogP contribution in [0.5, 0.6) is 0 Å². The third kappa shape index (κ3) is 6.28. The molecule has 4 aliphatic carbocycles. The highest BCUT2D eigenvalue weighted by atomic mass is 16.4. The summed E-state index contributed by atoms with van der Waals surface area (Å²) in [4.78, 5) is 53.2. The third-order valence-electron chi connectivity index (χ3n) is 8.27. The maximum atomic E-state index is 13.1. The summed E-state index contributed by atoms with van der Waals surface area (Å²) in [6, 6.07) is 0. The summed E-state index contributed by atoms with van der Waals surface area (Å²) < 4.78 is 0. The zero-order chi connectivity index (χ0) is 25.2. The summed E-state index contributed by atoms with van der Waals surface area (Å²) in [5.41, 5.74) is -0.126. The van der Waals surface area contributed by atoms with Crippen molar-refractivity contribution in [1.82, 2.24) is 24.9 Å². The minimum atomic E-state index is -1.22. The first-order valence-corrected chi connectivity index (χ1v) is 12.6. The number of amides is 4. The number of nitrogens with one attached hydrogen (secondary N) is 1. The number of nitrogens with zero attached hydrogens (tertiary/aromatic N) is 4. The van der Waals surface area contributed by atoms with Crippen molar-refractivity contribution in [3.8, 4) is 0 Å². The Labute approximate surface area is 204 Å². The molecular weight excluding hydrogens is 458 g/mol. The molecule has 0 atom stereocenters. The largest absolute Gasteiger partial charge is 0.465 e. The van der Waals surface area contributed by atoms with Gasteiger partial charge >= 0.3 is 18.3 Å². The predicted octanol–water partition coefficient (Wildman–Crippen LogP) is 1.33. The van der Waals surface area contributed by atoms with Gasteiger partial charge in [-0.25, -0.2) is 14.4 Å². The first-order chi connectivity index (χ1) is 16.6. The quantitative estimate of drug-likeness (QED) is 0.457. The molecule has 1 saturated heterocycles. The molecule has 0 aromatic heterocycles. The molecule has 0 aromatic rings. The lowest BCUT2D eigenvalue weighted by Crippen LogP contribution is -2.61. The standard InChI is InChI=1S/C23H37N5O7/c29-19(24-23-12-16-9-17(13-23)11-18(10-16)14-23)15-25-1-3-26(20(30)31)5-7-28(22(34)35)8-6-27(4-2-25)21(32)33/h16-18H,1-15H2,(H,24,29)(H,30,31)(H,32,33)(H,34,35). The summed E-state index contributed by atoms with van der Waals surface area (Å²) in [5, 5.41) is 31.9. The summed E-state index contributed by atoms with van der Waals surface area (Å²) in [6.45, 7) is 0.612. The molecule has 4 saturated carbocycles. The van der Waals surface area contributed by atoms with E-state index in [1.807, 2.05) is 0 Å². The van der Waals surface area contributed by atoms with Gasteiger partial charge in [0.2, 0.25) is 5.91 Å². The Balaban J connectivity index is 1.41. The summed E-state index contributed by atoms with van der Waals surface area (Å²) in [5.74, 6) is 1.99. The topological polar surface area (TPSA) is 154 Å². The number of hydrogen-bond donors (Lipinski definition) is 4. The Bertz CT molecular complexity index is 772. The maximum Gasteiger partial charge on any atom is 0.407 e. The van der Waals surface area contributed by atoms with Crippen LogP contribution in [0.15, 0.2) is 0 Å². The highest BCUT2D eigenvalue weighted by Crippen LogP contribution is 2.55. The molecule has 0 unspecified atom stereocenters. The van der Waals surface area contributed by atoms with Crippen molar-refractivity contribution in [2.45, 2.75) is 44.1 Å². The molecule has 4 N–H and O–H groups in total. The van der Waals surface area contributed by atoms with E-state index in [0.29, 0.717) is 17.8 Å². The van der Waals surface area contributed by atoms with Gasteiger partial charge in [-0.15, -0.1) is 0 Å². The van der Waals surface area contributed by atoms with Crippen LogP contribution >= 0.6 is 0 Å². The fraction of sp³-hybridized carbons (Fsp3) is 0.826. The molecule has 196 valence electrons. The highest BCUT2D eigenvalue weighted by molar-refractivity contribution is 5.79. The molecule has 5 fully saturated rings. The van der Waals surface area contributed by atoms with Crippen LogP contribution < -0.4 is 5.32 Å². The van der Waals surface area contributed by atoms with Crippen molar-refractivity contribution in [2.24, 2.45) is 17.8 Å². The molecule has 0 radical (unpaired) electrons. The van der Waals surface area contributed by atoms with Crippen molar-refractivity contribution in [3.63, 3.8) is 0 Å². The third-order valence-corrected chi connectivity index (χ3v) is 8.27. The van der Waals surface area contributed by atoms with Gasteiger partial charge < -0.3 is 35.3 Å². The number of carboxylic acid groups (broad SMARTS) is 3. The van der Waals surface area contributed by atoms with Gasteiger partial charge in [0.05, 0.1) is 6.54 Å². The lowest BCUT2D eigenvalue weighted by Gasteiger charge is -2.57. The molecule has 4 bridgehead atoms. The fourth-order valence-electron chi connectivity index (χ4n) is 6.99. The Morgan fingerprint density at radius 2 is 0.971 bits per heavy atom. The van der Waals surface area contributed by atoms with Crippen LogP contribution in [0.4, 0.5) is 14.4 Å². The SMILES string of the molecule is O=C(CN1CCN(C(=O)O)CCN(C(=O)O)CCN(C(=O)O)CC1)NC12CC3CC(CC(C3)C1)C2. The smallest absolute Gasteiger partial charge is 0.407 e. The maximum absolute atomic E-state index is 13.1. The van der Waals surface area contributed by atoms with Gasteiger partial charge in [0.15, 0.2) is 0 Å². The lowest BCUT2D eigenvalue weighted by molar-refractivity contribution is -0.128. The molecule has 5 rings (SSSR count). The highest BCUT2D eigenvalue weighted by Gasteiger charge is 2.51. The van der Waals surface area contributed by atoms with E-state index in [2.05, 4.69) is 5.32 Å². The van der Waals surface area contributed by atoms with E-state index in [-0.39, 0.29) is 70.3 Å². The molecule has 1 aliphatic heterocycles. The van der Waals surface area contributed by atoms with Crippen molar-refractivity contribution >= 4 is 24.2 Å². The second-order valence-corrected chi connectivity index (χ2v) is 10.8. The molecule has 0 aromatic carbocycles. The van der Waals surface area contributed by atoms with E-state index in [1.165, 1.54) is 19.3 Å². The number of hydrogen-bond acceptors (Lipinski definition) is 5. The van der Waals surface area contributed by atoms with Crippen molar-refractivity contribution in [1.29, 1.82) is 0 Å². The van der Waals surface area contributed by atoms with Gasteiger partial charge in [-0.2, -0.15) is 0 Å². The zero-order valence-electron chi connectivity index (χ0n) is 20.1. The second kappa shape index (κ2) is 10.5. The monoisotopic (exact) mass is 495 g/mol. The zero-order valence-corrected chi connectivity index (χ0v) is 20.1. The van der Waals surface area contributed by atoms with E-state index in [4.69, 9.17) is 0 Å². The molecule has 12 heteroatoms. The van der Waals surface area contributed by atoms with E-state index < -0.39 is 18.3 Å². The molecule has 4 amide bonds. The van der Waals surface area contributed by atoms with Crippen molar-refractivity contribution < 1.29 is 34.5 Å². The average Bonchev–Trinajstić information content (AvgIpc) is 2.73. The fourth-order valence-corrected chi connectivity index (χ4v) is 6.99. The molecule has 5 aliphatic rings. The van der Waals surface area contributed by atoms with Crippen LogP contribution in [0, 0.1) is 17.8 Å². The molecule has 12 nitrogen and oxygen atoms in total. The lowest BCUT2D eigenvalue weighted by atomic mass is 9.53. The number of rotatable bonds is 3. The van der Waals surface area contributed by atoms with Crippen LogP contribution in [0.25, 0.3) is 0 Å². The molecule has 0 spiro atoms. The Morgan fingerprint density at radius 3 is 1.31 bits per heavy atom. The van der Waals surface area contributed by atoms with Gasteiger partial charge in [0, 0.05) is 57.9 Å². The number of carbonyl (C=O) groups excluding carboxylic acids is 1. The summed E-state index contributed by atoms with van der Waals surface area (Å²) >= 11 is 0. The van der Waals surface area contributed by atoms with Gasteiger partial charge in [-0.05, 0) is 56.3 Å². The molecule has 35 heavy (non-hydrogen) atoms. The minimum Gasteiger partial charge on any atom is -0.465 e. The summed E-state index contributed by atoms with van der Waals surface area (Å²) in [6.07, 6.45) is 3.39. The van der Waals surface area contributed by atoms with E-state index in [9.17, 15) is 34.5 Å². The Kier molecular flexibility index (Phi) is 7.58. The van der Waals surface area contributed by atoms with Gasteiger partial charge in [0.1, 0.15) is 0 Å². The van der Waals surface area contributed by atoms with Crippen LogP contribution in [-0.2, 0) is 4.79 Å². The minimum absolute atomic E-state index is 0.0258. The first-order valence-electron chi connectivity index (χ1n) is 12.6. The van der Waals surface area contributed by atoms with E-state index in [1.54, 1.807) is 4.90 Å². The molecule has 1 heterocycles. The first kappa shape index (κ1) is 25.3. The Morgan fingerprint density at radius 1 is 0.629 bits per heavy atom.